The summed E-state index contributed by atoms with van der Waals surface area (Å²) in [6.45, 7) is 5.03. The SMILES string of the molecule is CCOc1ccc2nc(SCC(=O)Nc3ccc(Cc4ccc(NC(=O)CSc5nc6ccc(OCC)cc6[nH]5)c(Cl)c4)cc3Cl)[nH]c2c1. The third kappa shape index (κ3) is 9.01. The number of benzene rings is 4. The average molecular weight is 736 g/mol. The minimum absolute atomic E-state index is 0.159. The van der Waals surface area contributed by atoms with Crippen LogP contribution in [0.15, 0.2) is 83.1 Å². The molecule has 0 bridgehead atoms. The Hall–Kier alpha value is -4.36. The topological polar surface area (TPSA) is 134 Å². The number of hydrogen-bond donors (Lipinski definition) is 4. The third-order valence-electron chi connectivity index (χ3n) is 7.19. The fourth-order valence-corrected chi connectivity index (χ4v) is 6.87. The Morgan fingerprint density at radius 2 is 1.12 bits per heavy atom. The molecule has 0 fully saturated rings. The molecular formula is C35H32Cl2N6O4S2. The maximum absolute atomic E-state index is 12.7. The van der Waals surface area contributed by atoms with Gasteiger partial charge < -0.3 is 30.1 Å². The number of amides is 2. The number of fused-ring (bicyclic) bond motifs is 2. The number of anilines is 2. The highest BCUT2D eigenvalue weighted by Crippen LogP contribution is 2.29. The normalized spacial score (nSPS) is 11.2. The van der Waals surface area contributed by atoms with Crippen molar-refractivity contribution in [2.45, 2.75) is 30.6 Å². The van der Waals surface area contributed by atoms with E-state index < -0.39 is 0 Å². The van der Waals surface area contributed by atoms with Crippen LogP contribution < -0.4 is 20.1 Å². The lowest BCUT2D eigenvalue weighted by Gasteiger charge is -2.11. The summed E-state index contributed by atoms with van der Waals surface area (Å²) in [5.74, 6) is 1.44. The van der Waals surface area contributed by atoms with E-state index in [-0.39, 0.29) is 23.3 Å². The van der Waals surface area contributed by atoms with E-state index in [4.69, 9.17) is 32.7 Å². The Balaban J connectivity index is 0.983. The molecule has 49 heavy (non-hydrogen) atoms. The van der Waals surface area contributed by atoms with Crippen molar-refractivity contribution < 1.29 is 19.1 Å². The summed E-state index contributed by atoms with van der Waals surface area (Å²) < 4.78 is 11.1. The van der Waals surface area contributed by atoms with Crippen molar-refractivity contribution in [1.82, 2.24) is 19.9 Å². The van der Waals surface area contributed by atoms with E-state index in [1.165, 1.54) is 23.5 Å². The summed E-state index contributed by atoms with van der Waals surface area (Å²) in [6.07, 6.45) is 0.557. The molecule has 0 aliphatic heterocycles. The maximum atomic E-state index is 12.7. The number of H-pyrrole nitrogens is 2. The number of halogens is 2. The lowest BCUT2D eigenvalue weighted by Crippen LogP contribution is -2.14. The second-order valence-electron chi connectivity index (χ2n) is 10.8. The van der Waals surface area contributed by atoms with Gasteiger partial charge >= 0.3 is 0 Å². The van der Waals surface area contributed by atoms with E-state index in [0.717, 1.165) is 44.7 Å². The summed E-state index contributed by atoms with van der Waals surface area (Å²) in [7, 11) is 0. The Labute approximate surface area is 301 Å². The molecule has 4 N–H and O–H groups in total. The van der Waals surface area contributed by atoms with Gasteiger partial charge in [0.05, 0.1) is 68.2 Å². The smallest absolute Gasteiger partial charge is 0.234 e. The van der Waals surface area contributed by atoms with Crippen LogP contribution in [0.4, 0.5) is 11.4 Å². The first-order valence-corrected chi connectivity index (χ1v) is 18.2. The molecule has 4 aromatic carbocycles. The Kier molecular flexibility index (Phi) is 11.2. The minimum atomic E-state index is -0.202. The summed E-state index contributed by atoms with van der Waals surface area (Å²) in [4.78, 5) is 40.9. The first-order valence-electron chi connectivity index (χ1n) is 15.4. The number of aromatic amines is 2. The molecule has 0 aliphatic carbocycles. The number of rotatable bonds is 14. The first kappa shape index (κ1) is 34.5. The Morgan fingerprint density at radius 1 is 0.673 bits per heavy atom. The number of nitrogens with zero attached hydrogens (tertiary/aromatic N) is 2. The van der Waals surface area contributed by atoms with Crippen molar-refractivity contribution >= 4 is 92.0 Å². The fourth-order valence-electron chi connectivity index (χ4n) is 5.00. The van der Waals surface area contributed by atoms with Gasteiger partial charge in [-0.05, 0) is 79.9 Å². The Morgan fingerprint density at radius 3 is 1.53 bits per heavy atom. The van der Waals surface area contributed by atoms with Crippen LogP contribution in [0.2, 0.25) is 10.0 Å². The lowest BCUT2D eigenvalue weighted by atomic mass is 10.0. The standard InChI is InChI=1S/C35H32Cl2N6O4S2/c1-3-46-22-7-11-28-30(16-22)42-34(40-28)48-18-32(44)38-26-9-5-20(14-24(26)36)13-21-6-10-27(25(37)15-21)39-33(45)19-49-35-41-29-12-8-23(47-4-2)17-31(29)43-35/h5-12,14-17H,3-4,13,18-19H2,1-2H3,(H,38,44)(H,39,45)(H,40,42)(H,41,43). The van der Waals surface area contributed by atoms with Crippen LogP contribution in [0.5, 0.6) is 11.5 Å². The molecule has 0 saturated carbocycles. The molecule has 2 heterocycles. The van der Waals surface area contributed by atoms with E-state index in [1.807, 2.05) is 74.5 Å². The van der Waals surface area contributed by atoms with Crippen LogP contribution in [-0.4, -0.2) is 56.5 Å². The van der Waals surface area contributed by atoms with Gasteiger partial charge in [0.1, 0.15) is 11.5 Å². The second kappa shape index (κ2) is 15.9. The molecule has 0 atom stereocenters. The van der Waals surface area contributed by atoms with E-state index in [9.17, 15) is 9.59 Å². The first-order chi connectivity index (χ1) is 23.8. The molecule has 0 aliphatic rings. The molecule has 252 valence electrons. The number of aromatic nitrogens is 4. The van der Waals surface area contributed by atoms with Gasteiger partial charge in [0, 0.05) is 12.1 Å². The Bertz CT molecular complexity index is 1990. The number of nitrogens with one attached hydrogen (secondary N) is 4. The van der Waals surface area contributed by atoms with Crippen molar-refractivity contribution in [3.63, 3.8) is 0 Å². The molecule has 0 unspecified atom stereocenters. The van der Waals surface area contributed by atoms with Gasteiger partial charge in [-0.3, -0.25) is 9.59 Å². The molecule has 0 spiro atoms. The number of carbonyl (C=O) groups is 2. The van der Waals surface area contributed by atoms with Gasteiger partial charge in [0.15, 0.2) is 10.3 Å². The van der Waals surface area contributed by atoms with Crippen molar-refractivity contribution in [2.24, 2.45) is 0 Å². The van der Waals surface area contributed by atoms with E-state index >= 15 is 0 Å². The zero-order valence-electron chi connectivity index (χ0n) is 26.6. The summed E-state index contributed by atoms with van der Waals surface area (Å²) in [5.41, 5.74) is 6.22. The molecular weight excluding hydrogens is 703 g/mol. The third-order valence-corrected chi connectivity index (χ3v) is 9.56. The predicted octanol–water partition coefficient (Wildman–Crippen LogP) is 8.60. The molecule has 10 nitrogen and oxygen atoms in total. The molecule has 2 aromatic heterocycles. The molecule has 2 amide bonds. The van der Waals surface area contributed by atoms with E-state index in [1.54, 1.807) is 12.1 Å². The highest BCUT2D eigenvalue weighted by Gasteiger charge is 2.13. The lowest BCUT2D eigenvalue weighted by molar-refractivity contribution is -0.114. The van der Waals surface area contributed by atoms with E-state index in [2.05, 4.69) is 30.6 Å². The largest absolute Gasteiger partial charge is 0.494 e. The van der Waals surface area contributed by atoms with Gasteiger partial charge in [0.25, 0.3) is 0 Å². The highest BCUT2D eigenvalue weighted by molar-refractivity contribution is 8.00. The summed E-state index contributed by atoms with van der Waals surface area (Å²) in [6, 6.07) is 22.3. The summed E-state index contributed by atoms with van der Waals surface area (Å²) in [5, 5.41) is 7.88. The number of thioether (sulfide) groups is 2. The second-order valence-corrected chi connectivity index (χ2v) is 13.5. The van der Waals surface area contributed by atoms with Crippen LogP contribution in [0.25, 0.3) is 22.1 Å². The van der Waals surface area contributed by atoms with E-state index in [0.29, 0.717) is 51.4 Å². The number of imidazole rings is 2. The molecule has 6 rings (SSSR count). The predicted molar refractivity (Wildman–Crippen MR) is 199 cm³/mol. The van der Waals surface area contributed by atoms with Gasteiger partial charge in [0.2, 0.25) is 11.8 Å². The average Bonchev–Trinajstić information content (AvgIpc) is 3.69. The van der Waals surface area contributed by atoms with Crippen LogP contribution in [0.3, 0.4) is 0 Å². The maximum Gasteiger partial charge on any atom is 0.234 e. The molecule has 6 aromatic rings. The molecule has 0 saturated heterocycles. The number of hydrogen-bond acceptors (Lipinski definition) is 8. The molecule has 14 heteroatoms. The van der Waals surface area contributed by atoms with Crippen molar-refractivity contribution in [3.8, 4) is 11.5 Å². The van der Waals surface area contributed by atoms with Gasteiger partial charge in [-0.2, -0.15) is 0 Å². The van der Waals surface area contributed by atoms with Crippen LogP contribution in [0, 0.1) is 0 Å². The zero-order chi connectivity index (χ0) is 34.3. The highest BCUT2D eigenvalue weighted by atomic mass is 35.5. The van der Waals surface area contributed by atoms with Gasteiger partial charge in [-0.1, -0.05) is 58.9 Å². The van der Waals surface area contributed by atoms with Crippen LogP contribution in [0.1, 0.15) is 25.0 Å². The fraction of sp³-hybridized carbons (Fsp3) is 0.200. The van der Waals surface area contributed by atoms with Crippen molar-refractivity contribution in [3.05, 3.63) is 94.0 Å². The van der Waals surface area contributed by atoms with Crippen molar-refractivity contribution in [1.29, 1.82) is 0 Å². The number of ether oxygens (including phenoxy) is 2. The number of carbonyl (C=O) groups excluding carboxylic acids is 2. The van der Waals surface area contributed by atoms with Crippen LogP contribution in [-0.2, 0) is 16.0 Å². The monoisotopic (exact) mass is 734 g/mol. The summed E-state index contributed by atoms with van der Waals surface area (Å²) >= 11 is 15.7. The zero-order valence-corrected chi connectivity index (χ0v) is 29.7. The minimum Gasteiger partial charge on any atom is -0.494 e. The van der Waals surface area contributed by atoms with Gasteiger partial charge in [-0.25, -0.2) is 9.97 Å². The van der Waals surface area contributed by atoms with Crippen LogP contribution >= 0.6 is 46.7 Å². The molecule has 0 radical (unpaired) electrons. The van der Waals surface area contributed by atoms with Crippen molar-refractivity contribution in [2.75, 3.05) is 35.4 Å². The van der Waals surface area contributed by atoms with Gasteiger partial charge in [-0.15, -0.1) is 0 Å². The quantitative estimate of drug-likeness (QED) is 0.0818.